The third kappa shape index (κ3) is 6.11. The minimum absolute atomic E-state index is 0.0266. The number of allylic oxidation sites excluding steroid dienone is 1. The second-order valence-corrected chi connectivity index (χ2v) is 12.3. The number of fused-ring (bicyclic) bond motifs is 1. The summed E-state index contributed by atoms with van der Waals surface area (Å²) in [5, 5.41) is 9.33. The number of aliphatic carboxylic acids is 1. The standard InChI is InChI=1S/C32H32O3Se/c1-31(2)16-17-32(3,4)30-27(31)20-26(21-28(30)35-22-23-11-7-5-8-12-23)36-18-15-25(19-29(33)34)24-13-9-6-10-14-24/h5-14,19-21H,16-17,22H2,1-4H3,(H,33,34)/b25-19-. The summed E-state index contributed by atoms with van der Waals surface area (Å²) in [6.07, 6.45) is 3.41. The number of carboxylic acid groups (broad SMARTS) is 1. The Labute approximate surface area is 220 Å². The van der Waals surface area contributed by atoms with E-state index in [9.17, 15) is 9.90 Å². The number of carboxylic acids is 1. The van der Waals surface area contributed by atoms with Gasteiger partial charge in [0.2, 0.25) is 0 Å². The van der Waals surface area contributed by atoms with Crippen LogP contribution in [0.1, 0.15) is 62.8 Å². The van der Waals surface area contributed by atoms with Crippen LogP contribution in [0.3, 0.4) is 0 Å². The van der Waals surface area contributed by atoms with Crippen molar-refractivity contribution in [2.45, 2.75) is 58.0 Å². The first-order valence-electron chi connectivity index (χ1n) is 12.2. The van der Waals surface area contributed by atoms with Crippen LogP contribution in [0.15, 0.2) is 78.9 Å². The van der Waals surface area contributed by atoms with Crippen molar-refractivity contribution < 1.29 is 14.6 Å². The van der Waals surface area contributed by atoms with Crippen LogP contribution in [0, 0.1) is 10.7 Å². The fourth-order valence-corrected chi connectivity index (χ4v) is 5.99. The first kappa shape index (κ1) is 25.8. The Hall–Kier alpha value is -3.25. The molecule has 0 aromatic heterocycles. The molecule has 0 heterocycles. The van der Waals surface area contributed by atoms with Gasteiger partial charge in [0, 0.05) is 0 Å². The number of hydrogen-bond acceptors (Lipinski definition) is 2. The monoisotopic (exact) mass is 544 g/mol. The molecule has 0 saturated heterocycles. The molecule has 0 aliphatic heterocycles. The van der Waals surface area contributed by atoms with Gasteiger partial charge in [-0.15, -0.1) is 0 Å². The molecule has 1 aliphatic carbocycles. The third-order valence-corrected chi connectivity index (χ3v) is 8.22. The molecule has 0 unspecified atom stereocenters. The topological polar surface area (TPSA) is 46.5 Å². The van der Waals surface area contributed by atoms with Gasteiger partial charge in [-0.25, -0.2) is 0 Å². The first-order valence-corrected chi connectivity index (χ1v) is 13.9. The third-order valence-electron chi connectivity index (χ3n) is 6.80. The van der Waals surface area contributed by atoms with Crippen LogP contribution in [-0.4, -0.2) is 26.0 Å². The maximum absolute atomic E-state index is 11.4. The van der Waals surface area contributed by atoms with Crippen molar-refractivity contribution in [3.05, 3.63) is 101 Å². The molecule has 1 N–H and O–H groups in total. The molecule has 36 heavy (non-hydrogen) atoms. The quantitative estimate of drug-likeness (QED) is 0.233. The van der Waals surface area contributed by atoms with Crippen molar-refractivity contribution in [2.75, 3.05) is 0 Å². The van der Waals surface area contributed by atoms with E-state index >= 15 is 0 Å². The molecule has 184 valence electrons. The molecule has 4 rings (SSSR count). The first-order chi connectivity index (χ1) is 17.2. The van der Waals surface area contributed by atoms with Gasteiger partial charge in [0.15, 0.2) is 0 Å². The van der Waals surface area contributed by atoms with Crippen LogP contribution in [0.4, 0.5) is 0 Å². The summed E-state index contributed by atoms with van der Waals surface area (Å²) in [7, 11) is 0. The van der Waals surface area contributed by atoms with E-state index in [1.165, 1.54) is 17.2 Å². The van der Waals surface area contributed by atoms with Gasteiger partial charge in [-0.05, 0) is 0 Å². The van der Waals surface area contributed by atoms with E-state index in [0.29, 0.717) is 12.2 Å². The van der Waals surface area contributed by atoms with Gasteiger partial charge >= 0.3 is 221 Å². The van der Waals surface area contributed by atoms with E-state index in [0.717, 1.165) is 34.2 Å². The molecular weight excluding hydrogens is 511 g/mol. The molecule has 3 aromatic rings. The molecule has 4 heteroatoms. The summed E-state index contributed by atoms with van der Waals surface area (Å²) >= 11 is -0.163. The molecular formula is C32H32O3Se. The van der Waals surface area contributed by atoms with Crippen LogP contribution in [-0.2, 0) is 22.2 Å². The molecule has 0 fully saturated rings. The van der Waals surface area contributed by atoms with Gasteiger partial charge in [0.1, 0.15) is 0 Å². The van der Waals surface area contributed by atoms with E-state index in [-0.39, 0.29) is 25.8 Å². The van der Waals surface area contributed by atoms with Crippen molar-refractivity contribution in [1.82, 2.24) is 0 Å². The Morgan fingerprint density at radius 3 is 2.28 bits per heavy atom. The van der Waals surface area contributed by atoms with Gasteiger partial charge in [0.05, 0.1) is 0 Å². The van der Waals surface area contributed by atoms with Crippen LogP contribution in [0.5, 0.6) is 5.75 Å². The summed E-state index contributed by atoms with van der Waals surface area (Å²) in [4.78, 5) is 14.7. The number of hydrogen-bond donors (Lipinski definition) is 1. The Morgan fingerprint density at radius 1 is 0.972 bits per heavy atom. The SMILES string of the molecule is CC1(C)CCC(C)(C)c2c(OCc3ccccc3)cc([Se]C#C/C(=C/C(=O)O)c3ccccc3)cc21. The summed E-state index contributed by atoms with van der Waals surface area (Å²) in [6.45, 7) is 9.76. The van der Waals surface area contributed by atoms with Gasteiger partial charge in [-0.1, -0.05) is 0 Å². The van der Waals surface area contributed by atoms with Crippen LogP contribution >= 0.6 is 0 Å². The minimum atomic E-state index is -0.995. The zero-order valence-electron chi connectivity index (χ0n) is 21.3. The summed E-state index contributed by atoms with van der Waals surface area (Å²) in [5.74, 6) is 3.07. The summed E-state index contributed by atoms with van der Waals surface area (Å²) in [6, 6.07) is 24.2. The van der Waals surface area contributed by atoms with E-state index in [1.807, 2.05) is 48.5 Å². The zero-order valence-corrected chi connectivity index (χ0v) is 23.0. The summed E-state index contributed by atoms with van der Waals surface area (Å²) < 4.78 is 7.63. The van der Waals surface area contributed by atoms with Crippen LogP contribution < -0.4 is 9.20 Å². The van der Waals surface area contributed by atoms with Crippen molar-refractivity contribution >= 4 is 31.0 Å². The Balaban J connectivity index is 1.71. The fraction of sp³-hybridized carbons (Fsp3) is 0.281. The van der Waals surface area contributed by atoms with Crippen molar-refractivity contribution in [1.29, 1.82) is 0 Å². The molecule has 1 aliphatic rings. The second kappa shape index (κ2) is 10.8. The molecule has 3 aromatic carbocycles. The maximum atomic E-state index is 11.4. The van der Waals surface area contributed by atoms with E-state index in [4.69, 9.17) is 4.74 Å². The van der Waals surface area contributed by atoms with E-state index in [2.05, 4.69) is 62.7 Å². The molecule has 0 saturated carbocycles. The van der Waals surface area contributed by atoms with Gasteiger partial charge in [0.25, 0.3) is 0 Å². The number of benzene rings is 3. The average Bonchev–Trinajstić information content (AvgIpc) is 2.85. The van der Waals surface area contributed by atoms with Gasteiger partial charge in [-0.3, -0.25) is 0 Å². The number of carbonyl (C=O) groups is 1. The van der Waals surface area contributed by atoms with Gasteiger partial charge < -0.3 is 0 Å². The Kier molecular flexibility index (Phi) is 7.74. The second-order valence-electron chi connectivity index (χ2n) is 10.5. The predicted molar refractivity (Wildman–Crippen MR) is 148 cm³/mol. The molecule has 0 bridgehead atoms. The Morgan fingerprint density at radius 2 is 1.61 bits per heavy atom. The molecule has 0 radical (unpaired) electrons. The van der Waals surface area contributed by atoms with Gasteiger partial charge in [-0.2, -0.15) is 0 Å². The normalized spacial score (nSPS) is 15.8. The summed E-state index contributed by atoms with van der Waals surface area (Å²) in [5.41, 5.74) is 5.19. The fourth-order valence-electron chi connectivity index (χ4n) is 4.69. The van der Waals surface area contributed by atoms with Crippen molar-refractivity contribution in [3.63, 3.8) is 0 Å². The van der Waals surface area contributed by atoms with Crippen molar-refractivity contribution in [3.8, 4) is 16.5 Å². The molecule has 3 nitrogen and oxygen atoms in total. The Bertz CT molecular complexity index is 1330. The van der Waals surface area contributed by atoms with Crippen molar-refractivity contribution in [2.24, 2.45) is 0 Å². The molecule has 0 atom stereocenters. The predicted octanol–water partition coefficient (Wildman–Crippen LogP) is 6.07. The van der Waals surface area contributed by atoms with E-state index < -0.39 is 5.97 Å². The molecule has 0 amide bonds. The number of ether oxygens (including phenoxy) is 1. The molecule has 0 spiro atoms. The average molecular weight is 544 g/mol. The number of rotatable bonds is 6. The zero-order chi connectivity index (χ0) is 25.8. The van der Waals surface area contributed by atoms with E-state index in [1.54, 1.807) is 0 Å². The van der Waals surface area contributed by atoms with Crippen LogP contribution in [0.2, 0.25) is 0 Å². The van der Waals surface area contributed by atoms with Crippen LogP contribution in [0.25, 0.3) is 5.57 Å².